The van der Waals surface area contributed by atoms with Crippen molar-refractivity contribution in [3.05, 3.63) is 89.4 Å². The number of carbonyl (C=O) groups excluding carboxylic acids is 1. The van der Waals surface area contributed by atoms with Crippen LogP contribution in [-0.2, 0) is 0 Å². The van der Waals surface area contributed by atoms with Crippen molar-refractivity contribution in [3.8, 4) is 17.2 Å². The molecule has 1 aromatic heterocycles. The Bertz CT molecular complexity index is 1490. The molecule has 0 radical (unpaired) electrons. The van der Waals surface area contributed by atoms with Gasteiger partial charge in [0.2, 0.25) is 5.89 Å². The zero-order valence-corrected chi connectivity index (χ0v) is 19.6. The van der Waals surface area contributed by atoms with Crippen molar-refractivity contribution in [2.24, 2.45) is 0 Å². The van der Waals surface area contributed by atoms with Gasteiger partial charge in [0.25, 0.3) is 5.91 Å². The lowest BCUT2D eigenvalue weighted by Crippen LogP contribution is -2.12. The molecule has 34 heavy (non-hydrogen) atoms. The Morgan fingerprint density at radius 3 is 2.59 bits per heavy atom. The topological polar surface area (TPSA) is 64.4 Å². The summed E-state index contributed by atoms with van der Waals surface area (Å²) in [6.07, 6.45) is 1.05. The highest BCUT2D eigenvalue weighted by Crippen LogP contribution is 2.34. The van der Waals surface area contributed by atoms with Crippen LogP contribution in [-0.4, -0.2) is 17.0 Å². The van der Waals surface area contributed by atoms with Crippen molar-refractivity contribution in [1.82, 2.24) is 4.98 Å². The zero-order valence-electron chi connectivity index (χ0n) is 18.8. The highest BCUT2D eigenvalue weighted by atomic mass is 35.5. The summed E-state index contributed by atoms with van der Waals surface area (Å²) >= 11 is 6.35. The van der Waals surface area contributed by atoms with Gasteiger partial charge in [0.15, 0.2) is 5.58 Å². The van der Waals surface area contributed by atoms with Crippen LogP contribution in [0.3, 0.4) is 0 Å². The number of halogens is 1. The maximum Gasteiger partial charge on any atom is 0.255 e. The fraction of sp³-hybridized carbons (Fsp3) is 0.143. The summed E-state index contributed by atoms with van der Waals surface area (Å²) in [6.45, 7) is 4.08. The second-order valence-electron chi connectivity index (χ2n) is 8.16. The first-order valence-corrected chi connectivity index (χ1v) is 11.6. The van der Waals surface area contributed by atoms with Gasteiger partial charge in [0.05, 0.1) is 6.10 Å². The third-order valence-electron chi connectivity index (χ3n) is 5.77. The van der Waals surface area contributed by atoms with Crippen LogP contribution in [0.1, 0.15) is 30.6 Å². The molecule has 0 saturated carbocycles. The van der Waals surface area contributed by atoms with Crippen LogP contribution in [0, 0.1) is 0 Å². The van der Waals surface area contributed by atoms with E-state index in [1.54, 1.807) is 24.3 Å². The van der Waals surface area contributed by atoms with E-state index in [4.69, 9.17) is 20.8 Å². The summed E-state index contributed by atoms with van der Waals surface area (Å²) in [5, 5.41) is 5.52. The second kappa shape index (κ2) is 9.20. The van der Waals surface area contributed by atoms with Crippen LogP contribution in [0.25, 0.3) is 33.3 Å². The molecule has 0 unspecified atom stereocenters. The minimum atomic E-state index is -0.207. The van der Waals surface area contributed by atoms with E-state index in [1.807, 2.05) is 61.5 Å². The van der Waals surface area contributed by atoms with Gasteiger partial charge in [0, 0.05) is 27.2 Å². The number of fused-ring (bicyclic) bond motifs is 2. The number of anilines is 1. The Labute approximate surface area is 202 Å². The molecule has 0 fully saturated rings. The Hall–Kier alpha value is -3.83. The van der Waals surface area contributed by atoms with Gasteiger partial charge in [0.1, 0.15) is 11.3 Å². The van der Waals surface area contributed by atoms with Gasteiger partial charge in [-0.15, -0.1) is 0 Å². The van der Waals surface area contributed by atoms with Gasteiger partial charge in [-0.2, -0.15) is 0 Å². The molecule has 170 valence electrons. The lowest BCUT2D eigenvalue weighted by molar-refractivity contribution is 0.102. The molecule has 1 atom stereocenters. The molecule has 0 aliphatic heterocycles. The third-order valence-corrected chi connectivity index (χ3v) is 6.10. The van der Waals surface area contributed by atoms with Crippen LogP contribution >= 0.6 is 11.6 Å². The third kappa shape index (κ3) is 4.35. The smallest absolute Gasteiger partial charge is 0.255 e. The lowest BCUT2D eigenvalue weighted by Gasteiger charge is -2.12. The minimum absolute atomic E-state index is 0.129. The van der Waals surface area contributed by atoms with E-state index < -0.39 is 0 Å². The van der Waals surface area contributed by atoms with Crippen LogP contribution in [0.15, 0.2) is 83.3 Å². The number of carbonyl (C=O) groups is 1. The summed E-state index contributed by atoms with van der Waals surface area (Å²) in [5.74, 6) is 1.04. The molecule has 1 heterocycles. The van der Waals surface area contributed by atoms with Crippen molar-refractivity contribution < 1.29 is 13.9 Å². The Balaban J connectivity index is 1.38. The van der Waals surface area contributed by atoms with Crippen molar-refractivity contribution >= 4 is 45.1 Å². The van der Waals surface area contributed by atoms with Gasteiger partial charge < -0.3 is 14.5 Å². The summed E-state index contributed by atoms with van der Waals surface area (Å²) in [4.78, 5) is 17.4. The zero-order chi connectivity index (χ0) is 23.7. The average molecular weight is 471 g/mol. The number of hydrogen-bond acceptors (Lipinski definition) is 4. The van der Waals surface area contributed by atoms with Crippen molar-refractivity contribution in [3.63, 3.8) is 0 Å². The van der Waals surface area contributed by atoms with Crippen molar-refractivity contribution in [2.75, 3.05) is 5.32 Å². The molecule has 5 nitrogen and oxygen atoms in total. The van der Waals surface area contributed by atoms with Crippen molar-refractivity contribution in [1.29, 1.82) is 0 Å². The molecule has 0 aliphatic rings. The van der Waals surface area contributed by atoms with E-state index in [9.17, 15) is 4.79 Å². The first-order valence-electron chi connectivity index (χ1n) is 11.2. The Kier molecular flexibility index (Phi) is 5.95. The summed E-state index contributed by atoms with van der Waals surface area (Å²) < 4.78 is 11.8. The molecule has 0 saturated heterocycles. The fourth-order valence-corrected chi connectivity index (χ4v) is 4.02. The number of nitrogens with one attached hydrogen (secondary N) is 1. The number of amides is 1. The standard InChI is InChI=1S/C28H23ClN2O3/c1-3-17(2)33-20-13-10-18(11-14-20)27(32)30-19-12-15-26-25(16-19)31-28(34-26)23-8-4-7-22-21(23)6-5-9-24(22)29/h4-17H,3H2,1-2H3,(H,30,32)/t17-/m0/s1. The molecule has 1 amide bonds. The summed E-state index contributed by atoms with van der Waals surface area (Å²) in [6, 6.07) is 24.2. The molecule has 5 aromatic rings. The highest BCUT2D eigenvalue weighted by molar-refractivity contribution is 6.35. The van der Waals surface area contributed by atoms with Gasteiger partial charge >= 0.3 is 0 Å². The van der Waals surface area contributed by atoms with Crippen LogP contribution in [0.4, 0.5) is 5.69 Å². The van der Waals surface area contributed by atoms with E-state index in [0.29, 0.717) is 33.3 Å². The lowest BCUT2D eigenvalue weighted by atomic mass is 10.0. The van der Waals surface area contributed by atoms with Gasteiger partial charge in [-0.25, -0.2) is 4.98 Å². The first kappa shape index (κ1) is 22.0. The van der Waals surface area contributed by atoms with E-state index in [2.05, 4.69) is 17.2 Å². The van der Waals surface area contributed by atoms with E-state index in [1.165, 1.54) is 0 Å². The number of hydrogen-bond donors (Lipinski definition) is 1. The number of benzene rings is 4. The number of oxazole rings is 1. The predicted molar refractivity (Wildman–Crippen MR) is 137 cm³/mol. The molecule has 5 rings (SSSR count). The van der Waals surface area contributed by atoms with Crippen LogP contribution in [0.2, 0.25) is 5.02 Å². The second-order valence-corrected chi connectivity index (χ2v) is 8.56. The largest absolute Gasteiger partial charge is 0.491 e. The van der Waals surface area contributed by atoms with Gasteiger partial charge in [-0.1, -0.05) is 42.8 Å². The quantitative estimate of drug-likeness (QED) is 0.275. The number of ether oxygens (including phenoxy) is 1. The highest BCUT2D eigenvalue weighted by Gasteiger charge is 2.14. The molecule has 1 N–H and O–H groups in total. The SMILES string of the molecule is CC[C@H](C)Oc1ccc(C(=O)Nc2ccc3oc(-c4cccc5c(Cl)cccc45)nc3c2)cc1. The van der Waals surface area contributed by atoms with E-state index in [-0.39, 0.29) is 12.0 Å². The Morgan fingerprint density at radius 1 is 1.03 bits per heavy atom. The maximum atomic E-state index is 12.7. The average Bonchev–Trinajstić information content (AvgIpc) is 3.27. The molecular weight excluding hydrogens is 448 g/mol. The van der Waals surface area contributed by atoms with E-state index >= 15 is 0 Å². The molecule has 0 spiro atoms. The van der Waals surface area contributed by atoms with Gasteiger partial charge in [-0.05, 0) is 73.3 Å². The number of aromatic nitrogens is 1. The van der Waals surface area contributed by atoms with Crippen molar-refractivity contribution in [2.45, 2.75) is 26.4 Å². The molecular formula is C28H23ClN2O3. The number of nitrogens with zero attached hydrogens (tertiary/aromatic N) is 1. The normalized spacial score (nSPS) is 12.1. The summed E-state index contributed by atoms with van der Waals surface area (Å²) in [7, 11) is 0. The fourth-order valence-electron chi connectivity index (χ4n) is 3.78. The first-order chi connectivity index (χ1) is 16.5. The maximum absolute atomic E-state index is 12.7. The molecule has 4 aromatic carbocycles. The molecule has 6 heteroatoms. The Morgan fingerprint density at radius 2 is 1.79 bits per heavy atom. The molecule has 0 aliphatic carbocycles. The van der Waals surface area contributed by atoms with Gasteiger partial charge in [-0.3, -0.25) is 4.79 Å². The van der Waals surface area contributed by atoms with E-state index in [0.717, 1.165) is 28.5 Å². The summed E-state index contributed by atoms with van der Waals surface area (Å²) in [5.41, 5.74) is 3.34. The monoisotopic (exact) mass is 470 g/mol. The number of rotatable bonds is 6. The van der Waals surface area contributed by atoms with Crippen LogP contribution < -0.4 is 10.1 Å². The minimum Gasteiger partial charge on any atom is -0.491 e. The van der Waals surface area contributed by atoms with Crippen LogP contribution in [0.5, 0.6) is 5.75 Å². The molecule has 0 bridgehead atoms. The predicted octanol–water partition coefficient (Wildman–Crippen LogP) is 7.73.